The molecule has 94 valence electrons. The van der Waals surface area contributed by atoms with E-state index < -0.39 is 5.97 Å². The van der Waals surface area contributed by atoms with Crippen LogP contribution in [-0.2, 0) is 11.3 Å². The van der Waals surface area contributed by atoms with Gasteiger partial charge < -0.3 is 14.4 Å². The first kappa shape index (κ1) is 12.2. The molecule has 0 spiro atoms. The van der Waals surface area contributed by atoms with Crippen molar-refractivity contribution in [3.63, 3.8) is 0 Å². The molecule has 0 aliphatic rings. The van der Waals surface area contributed by atoms with E-state index in [9.17, 15) is 4.79 Å². The van der Waals surface area contributed by atoms with Gasteiger partial charge in [0.05, 0.1) is 16.8 Å². The summed E-state index contributed by atoms with van der Waals surface area (Å²) < 4.78 is 10.1. The Balaban J connectivity index is 2.03. The number of carbonyl (C=O) groups excluding carboxylic acids is 1. The van der Waals surface area contributed by atoms with Crippen LogP contribution in [0.1, 0.15) is 27.4 Å². The number of nitrogens with zero attached hydrogens (tertiary/aromatic N) is 1. The van der Waals surface area contributed by atoms with Crippen LogP contribution in [0.2, 0.25) is 0 Å². The SMILES string of the molecule is Cc1noc(C)c1COC(=O)c1ccc(O)cc1. The van der Waals surface area contributed by atoms with E-state index in [1.54, 1.807) is 13.8 Å². The van der Waals surface area contributed by atoms with Crippen molar-refractivity contribution in [1.82, 2.24) is 5.16 Å². The topological polar surface area (TPSA) is 72.6 Å². The molecule has 0 fully saturated rings. The van der Waals surface area contributed by atoms with Crippen LogP contribution in [-0.4, -0.2) is 16.2 Å². The molecule has 0 saturated heterocycles. The Bertz CT molecular complexity index is 537. The van der Waals surface area contributed by atoms with Crippen LogP contribution < -0.4 is 0 Å². The van der Waals surface area contributed by atoms with Crippen molar-refractivity contribution in [2.24, 2.45) is 0 Å². The Morgan fingerprint density at radius 2 is 2.00 bits per heavy atom. The first-order valence-corrected chi connectivity index (χ1v) is 5.46. The third-order valence-corrected chi connectivity index (χ3v) is 2.63. The van der Waals surface area contributed by atoms with Crippen LogP contribution >= 0.6 is 0 Å². The van der Waals surface area contributed by atoms with Crippen molar-refractivity contribution >= 4 is 5.97 Å². The Morgan fingerprint density at radius 3 is 2.56 bits per heavy atom. The van der Waals surface area contributed by atoms with Crippen LogP contribution in [0.15, 0.2) is 28.8 Å². The number of benzene rings is 1. The minimum atomic E-state index is -0.449. The number of hydrogen-bond acceptors (Lipinski definition) is 5. The number of esters is 1. The summed E-state index contributed by atoms with van der Waals surface area (Å²) >= 11 is 0. The predicted molar refractivity (Wildman–Crippen MR) is 63.2 cm³/mol. The van der Waals surface area contributed by atoms with Gasteiger partial charge in [0, 0.05) is 0 Å². The van der Waals surface area contributed by atoms with Gasteiger partial charge in [-0.05, 0) is 38.1 Å². The van der Waals surface area contributed by atoms with E-state index in [0.717, 1.165) is 5.56 Å². The number of aryl methyl sites for hydroxylation is 2. The minimum absolute atomic E-state index is 0.109. The van der Waals surface area contributed by atoms with Crippen LogP contribution in [0.3, 0.4) is 0 Å². The van der Waals surface area contributed by atoms with E-state index in [1.165, 1.54) is 24.3 Å². The Kier molecular flexibility index (Phi) is 3.32. The lowest BCUT2D eigenvalue weighted by atomic mass is 10.2. The molecule has 1 aromatic heterocycles. The highest BCUT2D eigenvalue weighted by atomic mass is 16.5. The van der Waals surface area contributed by atoms with E-state index >= 15 is 0 Å². The summed E-state index contributed by atoms with van der Waals surface area (Å²) in [5, 5.41) is 12.9. The second-order valence-electron chi connectivity index (χ2n) is 3.93. The fourth-order valence-electron chi connectivity index (χ4n) is 1.53. The van der Waals surface area contributed by atoms with Crippen molar-refractivity contribution in [3.8, 4) is 5.75 Å². The summed E-state index contributed by atoms with van der Waals surface area (Å²) in [5.41, 5.74) is 1.88. The number of phenolic OH excluding ortho intramolecular Hbond substituents is 1. The van der Waals surface area contributed by atoms with Gasteiger partial charge in [-0.3, -0.25) is 0 Å². The zero-order chi connectivity index (χ0) is 13.1. The van der Waals surface area contributed by atoms with Crippen molar-refractivity contribution in [2.75, 3.05) is 0 Å². The molecule has 5 nitrogen and oxygen atoms in total. The van der Waals surface area contributed by atoms with Crippen molar-refractivity contribution in [3.05, 3.63) is 46.8 Å². The summed E-state index contributed by atoms with van der Waals surface area (Å²) in [6.45, 7) is 3.69. The fourth-order valence-corrected chi connectivity index (χ4v) is 1.53. The molecular weight excluding hydrogens is 234 g/mol. The van der Waals surface area contributed by atoms with Gasteiger partial charge >= 0.3 is 5.97 Å². The molecule has 0 atom stereocenters. The normalized spacial score (nSPS) is 10.3. The van der Waals surface area contributed by atoms with E-state index in [-0.39, 0.29) is 12.4 Å². The highest BCUT2D eigenvalue weighted by Crippen LogP contribution is 2.15. The second-order valence-corrected chi connectivity index (χ2v) is 3.93. The largest absolute Gasteiger partial charge is 0.508 e. The van der Waals surface area contributed by atoms with E-state index in [1.807, 2.05) is 0 Å². The molecule has 5 heteroatoms. The summed E-state index contributed by atoms with van der Waals surface area (Å²) in [5.74, 6) is 0.304. The number of ether oxygens (including phenoxy) is 1. The fraction of sp³-hybridized carbons (Fsp3) is 0.231. The Morgan fingerprint density at radius 1 is 1.33 bits per heavy atom. The average Bonchev–Trinajstić information content (AvgIpc) is 2.67. The van der Waals surface area contributed by atoms with Gasteiger partial charge in [0.2, 0.25) is 0 Å². The predicted octanol–water partition coefficient (Wildman–Crippen LogP) is 2.35. The quantitative estimate of drug-likeness (QED) is 0.843. The number of aromatic hydroxyl groups is 1. The zero-order valence-electron chi connectivity index (χ0n) is 10.1. The number of rotatable bonds is 3. The van der Waals surface area contributed by atoms with Crippen molar-refractivity contribution in [1.29, 1.82) is 0 Å². The van der Waals surface area contributed by atoms with Gasteiger partial charge in [0.1, 0.15) is 18.1 Å². The van der Waals surface area contributed by atoms with Crippen LogP contribution in [0.4, 0.5) is 0 Å². The summed E-state index contributed by atoms with van der Waals surface area (Å²) in [4.78, 5) is 11.7. The molecule has 18 heavy (non-hydrogen) atoms. The van der Waals surface area contributed by atoms with Crippen molar-refractivity contribution < 1.29 is 19.2 Å². The lowest BCUT2D eigenvalue weighted by Gasteiger charge is -2.04. The molecule has 0 unspecified atom stereocenters. The highest BCUT2D eigenvalue weighted by Gasteiger charge is 2.12. The molecule has 2 aromatic rings. The van der Waals surface area contributed by atoms with Crippen LogP contribution in [0, 0.1) is 13.8 Å². The Labute approximate surface area is 104 Å². The molecule has 0 radical (unpaired) electrons. The molecule has 1 heterocycles. The molecular formula is C13H13NO4. The molecule has 0 aliphatic carbocycles. The third-order valence-electron chi connectivity index (χ3n) is 2.63. The van der Waals surface area contributed by atoms with Crippen LogP contribution in [0.5, 0.6) is 5.75 Å². The maximum Gasteiger partial charge on any atom is 0.338 e. The lowest BCUT2D eigenvalue weighted by molar-refractivity contribution is 0.0471. The summed E-state index contributed by atoms with van der Waals surface area (Å²) in [6.07, 6.45) is 0. The van der Waals surface area contributed by atoms with E-state index in [0.29, 0.717) is 17.0 Å². The number of aromatic nitrogens is 1. The smallest absolute Gasteiger partial charge is 0.338 e. The maximum absolute atomic E-state index is 11.7. The molecule has 2 rings (SSSR count). The molecule has 0 aliphatic heterocycles. The number of phenols is 1. The lowest BCUT2D eigenvalue weighted by Crippen LogP contribution is -2.05. The molecule has 0 bridgehead atoms. The van der Waals surface area contributed by atoms with Gasteiger partial charge in [-0.15, -0.1) is 0 Å². The van der Waals surface area contributed by atoms with E-state index in [4.69, 9.17) is 14.4 Å². The van der Waals surface area contributed by atoms with Gasteiger partial charge in [-0.25, -0.2) is 4.79 Å². The Hall–Kier alpha value is -2.30. The van der Waals surface area contributed by atoms with Gasteiger partial charge in [0.15, 0.2) is 0 Å². The summed E-state index contributed by atoms with van der Waals surface area (Å²) in [6, 6.07) is 5.88. The summed E-state index contributed by atoms with van der Waals surface area (Å²) in [7, 11) is 0. The average molecular weight is 247 g/mol. The minimum Gasteiger partial charge on any atom is -0.508 e. The zero-order valence-corrected chi connectivity index (χ0v) is 10.1. The number of carbonyl (C=O) groups is 1. The maximum atomic E-state index is 11.7. The first-order valence-electron chi connectivity index (χ1n) is 5.46. The highest BCUT2D eigenvalue weighted by molar-refractivity contribution is 5.89. The molecule has 1 N–H and O–H groups in total. The van der Waals surface area contributed by atoms with Gasteiger partial charge in [0.25, 0.3) is 0 Å². The van der Waals surface area contributed by atoms with Crippen molar-refractivity contribution in [2.45, 2.75) is 20.5 Å². The standard InChI is InChI=1S/C13H13NO4/c1-8-12(9(2)18-14-8)7-17-13(16)10-3-5-11(15)6-4-10/h3-6,15H,7H2,1-2H3. The van der Waals surface area contributed by atoms with Crippen LogP contribution in [0.25, 0.3) is 0 Å². The van der Waals surface area contributed by atoms with Gasteiger partial charge in [-0.2, -0.15) is 0 Å². The monoisotopic (exact) mass is 247 g/mol. The first-order chi connectivity index (χ1) is 8.58. The number of hydrogen-bond donors (Lipinski definition) is 1. The third kappa shape index (κ3) is 2.51. The van der Waals surface area contributed by atoms with Gasteiger partial charge in [-0.1, -0.05) is 5.16 Å². The molecule has 0 amide bonds. The molecule has 1 aromatic carbocycles. The molecule has 0 saturated carbocycles. The van der Waals surface area contributed by atoms with E-state index in [2.05, 4.69) is 5.16 Å². The second kappa shape index (κ2) is 4.91.